The van der Waals surface area contributed by atoms with Crippen molar-refractivity contribution in [2.45, 2.75) is 26.8 Å². The third-order valence-corrected chi connectivity index (χ3v) is 2.79. The predicted molar refractivity (Wildman–Crippen MR) is 76.0 cm³/mol. The number of amides is 1. The largest absolute Gasteiger partial charge is 0.384 e. The van der Waals surface area contributed by atoms with Crippen molar-refractivity contribution in [2.24, 2.45) is 0 Å². The Morgan fingerprint density at radius 1 is 1.25 bits per heavy atom. The van der Waals surface area contributed by atoms with Crippen molar-refractivity contribution in [1.29, 1.82) is 0 Å². The number of pyridine rings is 1. The zero-order valence-electron chi connectivity index (χ0n) is 11.6. The highest BCUT2D eigenvalue weighted by Crippen LogP contribution is 2.08. The van der Waals surface area contributed by atoms with Gasteiger partial charge in [0.05, 0.1) is 24.1 Å². The maximum atomic E-state index is 12.1. The van der Waals surface area contributed by atoms with Crippen LogP contribution in [0.1, 0.15) is 34.4 Å². The highest BCUT2D eigenvalue weighted by molar-refractivity contribution is 5.94. The molecule has 1 amide bonds. The van der Waals surface area contributed by atoms with Crippen molar-refractivity contribution in [1.82, 2.24) is 20.3 Å². The number of aryl methyl sites for hydroxylation is 2. The minimum atomic E-state index is -0.198. The molecule has 0 spiro atoms. The molecule has 2 aromatic rings. The van der Waals surface area contributed by atoms with E-state index in [-0.39, 0.29) is 5.91 Å². The van der Waals surface area contributed by atoms with Crippen LogP contribution in [0.25, 0.3) is 0 Å². The van der Waals surface area contributed by atoms with Gasteiger partial charge >= 0.3 is 0 Å². The Balaban J connectivity index is 2.04. The number of rotatable bonds is 4. The van der Waals surface area contributed by atoms with Gasteiger partial charge in [-0.3, -0.25) is 14.8 Å². The Morgan fingerprint density at radius 3 is 2.70 bits per heavy atom. The van der Waals surface area contributed by atoms with Crippen molar-refractivity contribution in [3.63, 3.8) is 0 Å². The Hall–Kier alpha value is -2.50. The van der Waals surface area contributed by atoms with Crippen LogP contribution in [-0.4, -0.2) is 20.9 Å². The minimum Gasteiger partial charge on any atom is -0.384 e. The fourth-order valence-electron chi connectivity index (χ4n) is 1.71. The fourth-order valence-corrected chi connectivity index (χ4v) is 1.71. The average Bonchev–Trinajstić information content (AvgIpc) is 2.45. The first-order valence-corrected chi connectivity index (χ1v) is 6.40. The quantitative estimate of drug-likeness (QED) is 0.873. The molecule has 0 saturated carbocycles. The SMILES string of the molecule is CCc1cc(C(=O)NCc2cnc(C)cn2)cc(N)n1. The molecule has 2 aromatic heterocycles. The van der Waals surface area contributed by atoms with Gasteiger partial charge in [0, 0.05) is 17.5 Å². The van der Waals surface area contributed by atoms with E-state index in [0.717, 1.165) is 17.8 Å². The fraction of sp³-hybridized carbons (Fsp3) is 0.286. The van der Waals surface area contributed by atoms with Crippen LogP contribution in [0, 0.1) is 6.92 Å². The van der Waals surface area contributed by atoms with Gasteiger partial charge in [-0.15, -0.1) is 0 Å². The minimum absolute atomic E-state index is 0.198. The van der Waals surface area contributed by atoms with Gasteiger partial charge in [-0.05, 0) is 25.5 Å². The van der Waals surface area contributed by atoms with Crippen molar-refractivity contribution < 1.29 is 4.79 Å². The Morgan fingerprint density at radius 2 is 2.05 bits per heavy atom. The molecule has 3 N–H and O–H groups in total. The first kappa shape index (κ1) is 13.9. The van der Waals surface area contributed by atoms with E-state index in [0.29, 0.717) is 23.6 Å². The normalized spacial score (nSPS) is 10.3. The van der Waals surface area contributed by atoms with Gasteiger partial charge in [0.2, 0.25) is 0 Å². The molecular formula is C14H17N5O. The van der Waals surface area contributed by atoms with E-state index in [1.54, 1.807) is 24.5 Å². The second-order valence-corrected chi connectivity index (χ2v) is 4.46. The van der Waals surface area contributed by atoms with Gasteiger partial charge in [-0.2, -0.15) is 0 Å². The molecule has 0 unspecified atom stereocenters. The molecule has 0 aliphatic rings. The molecule has 0 aliphatic heterocycles. The Kier molecular flexibility index (Phi) is 4.24. The van der Waals surface area contributed by atoms with Crippen LogP contribution in [0.15, 0.2) is 24.5 Å². The van der Waals surface area contributed by atoms with Crippen LogP contribution in [0.2, 0.25) is 0 Å². The highest BCUT2D eigenvalue weighted by atomic mass is 16.1. The van der Waals surface area contributed by atoms with Gasteiger partial charge in [0.15, 0.2) is 0 Å². The number of nitrogens with zero attached hydrogens (tertiary/aromatic N) is 3. The van der Waals surface area contributed by atoms with Crippen LogP contribution in [0.3, 0.4) is 0 Å². The van der Waals surface area contributed by atoms with Gasteiger partial charge in [-0.1, -0.05) is 6.92 Å². The lowest BCUT2D eigenvalue weighted by atomic mass is 10.2. The van der Waals surface area contributed by atoms with Crippen LogP contribution >= 0.6 is 0 Å². The molecule has 0 bridgehead atoms. The first-order chi connectivity index (χ1) is 9.58. The van der Waals surface area contributed by atoms with Gasteiger partial charge in [0.1, 0.15) is 5.82 Å². The number of anilines is 1. The smallest absolute Gasteiger partial charge is 0.251 e. The van der Waals surface area contributed by atoms with Crippen LogP contribution < -0.4 is 11.1 Å². The molecule has 0 aliphatic carbocycles. The van der Waals surface area contributed by atoms with E-state index in [4.69, 9.17) is 5.73 Å². The van der Waals surface area contributed by atoms with Gasteiger partial charge < -0.3 is 11.1 Å². The van der Waals surface area contributed by atoms with E-state index in [1.807, 2.05) is 13.8 Å². The number of hydrogen-bond acceptors (Lipinski definition) is 5. The number of carbonyl (C=O) groups excluding carboxylic acids is 1. The number of carbonyl (C=O) groups is 1. The number of aromatic nitrogens is 3. The van der Waals surface area contributed by atoms with Gasteiger partial charge in [-0.25, -0.2) is 4.98 Å². The van der Waals surface area contributed by atoms with E-state index >= 15 is 0 Å². The van der Waals surface area contributed by atoms with E-state index in [1.165, 1.54) is 0 Å². The average molecular weight is 271 g/mol. The summed E-state index contributed by atoms with van der Waals surface area (Å²) in [6.07, 6.45) is 4.05. The number of nitrogen functional groups attached to an aromatic ring is 1. The number of nitrogens with two attached hydrogens (primary N) is 1. The molecule has 104 valence electrons. The Labute approximate surface area is 117 Å². The van der Waals surface area contributed by atoms with Crippen molar-refractivity contribution in [3.05, 3.63) is 47.2 Å². The molecule has 0 aromatic carbocycles. The van der Waals surface area contributed by atoms with Crippen molar-refractivity contribution >= 4 is 11.7 Å². The van der Waals surface area contributed by atoms with Crippen LogP contribution in [0.4, 0.5) is 5.82 Å². The third kappa shape index (κ3) is 3.50. The Bertz CT molecular complexity index is 609. The van der Waals surface area contributed by atoms with Crippen molar-refractivity contribution in [3.8, 4) is 0 Å². The molecular weight excluding hydrogens is 254 g/mol. The summed E-state index contributed by atoms with van der Waals surface area (Å²) in [5, 5.41) is 2.79. The lowest BCUT2D eigenvalue weighted by Crippen LogP contribution is -2.24. The van der Waals surface area contributed by atoms with Crippen molar-refractivity contribution in [2.75, 3.05) is 5.73 Å². The standard InChI is InChI=1S/C14H17N5O/c1-3-11-4-10(5-13(15)19-11)14(20)18-8-12-7-16-9(2)6-17-12/h4-7H,3,8H2,1-2H3,(H2,15,19)(H,18,20). The molecule has 0 saturated heterocycles. The molecule has 0 fully saturated rings. The maximum Gasteiger partial charge on any atom is 0.251 e. The molecule has 2 rings (SSSR count). The third-order valence-electron chi connectivity index (χ3n) is 2.79. The summed E-state index contributed by atoms with van der Waals surface area (Å²) in [5.41, 5.74) is 8.54. The van der Waals surface area contributed by atoms with Crippen LogP contribution in [0.5, 0.6) is 0 Å². The predicted octanol–water partition coefficient (Wildman–Crippen LogP) is 1.25. The topological polar surface area (TPSA) is 93.8 Å². The number of hydrogen-bond donors (Lipinski definition) is 2. The zero-order valence-corrected chi connectivity index (χ0v) is 11.6. The molecule has 0 radical (unpaired) electrons. The molecule has 6 heteroatoms. The van der Waals surface area contributed by atoms with E-state index < -0.39 is 0 Å². The monoisotopic (exact) mass is 271 g/mol. The zero-order chi connectivity index (χ0) is 14.5. The lowest BCUT2D eigenvalue weighted by Gasteiger charge is -2.07. The molecule has 20 heavy (non-hydrogen) atoms. The second-order valence-electron chi connectivity index (χ2n) is 4.46. The number of nitrogens with one attached hydrogen (secondary N) is 1. The summed E-state index contributed by atoms with van der Waals surface area (Å²) < 4.78 is 0. The summed E-state index contributed by atoms with van der Waals surface area (Å²) >= 11 is 0. The summed E-state index contributed by atoms with van der Waals surface area (Å²) in [6, 6.07) is 3.31. The molecule has 6 nitrogen and oxygen atoms in total. The van der Waals surface area contributed by atoms with Crippen LogP contribution in [-0.2, 0) is 13.0 Å². The highest BCUT2D eigenvalue weighted by Gasteiger charge is 2.08. The molecule has 2 heterocycles. The second kappa shape index (κ2) is 6.10. The summed E-state index contributed by atoms with van der Waals surface area (Å²) in [4.78, 5) is 24.5. The summed E-state index contributed by atoms with van der Waals surface area (Å²) in [6.45, 7) is 4.16. The summed E-state index contributed by atoms with van der Waals surface area (Å²) in [7, 11) is 0. The summed E-state index contributed by atoms with van der Waals surface area (Å²) in [5.74, 6) is 0.154. The van der Waals surface area contributed by atoms with E-state index in [9.17, 15) is 4.79 Å². The van der Waals surface area contributed by atoms with E-state index in [2.05, 4.69) is 20.3 Å². The molecule has 0 atom stereocenters. The maximum absolute atomic E-state index is 12.1. The van der Waals surface area contributed by atoms with Gasteiger partial charge in [0.25, 0.3) is 5.91 Å². The lowest BCUT2D eigenvalue weighted by molar-refractivity contribution is 0.0950. The first-order valence-electron chi connectivity index (χ1n) is 6.40.